The first kappa shape index (κ1) is 18.9. The van der Waals surface area contributed by atoms with Crippen LogP contribution in [0.5, 0.6) is 0 Å². The Morgan fingerprint density at radius 3 is 1.27 bits per heavy atom. The molecule has 6 heteroatoms. The van der Waals surface area contributed by atoms with Crippen molar-refractivity contribution in [2.45, 2.75) is 72.0 Å². The highest BCUT2D eigenvalue weighted by molar-refractivity contribution is 5.98. The average Bonchev–Trinajstić information content (AvgIpc) is 2.46. The molecule has 0 bridgehead atoms. The molecule has 0 atom stereocenters. The van der Waals surface area contributed by atoms with Gasteiger partial charge in [0.1, 0.15) is 0 Å². The van der Waals surface area contributed by atoms with Crippen LogP contribution < -0.4 is 0 Å². The molecule has 2 rings (SSSR count). The third-order valence-corrected chi connectivity index (χ3v) is 5.34. The average molecular weight is 316 g/mol. The van der Waals surface area contributed by atoms with Gasteiger partial charge < -0.3 is 20.4 Å². The van der Waals surface area contributed by atoms with Crippen molar-refractivity contribution in [3.8, 4) is 0 Å². The summed E-state index contributed by atoms with van der Waals surface area (Å²) in [5.41, 5.74) is -2.12. The largest absolute Gasteiger partial charge is 0.480 e. The Labute approximate surface area is 131 Å². The molecular formula is C16H28O6. The van der Waals surface area contributed by atoms with Gasteiger partial charge in [-0.1, -0.05) is 47.0 Å². The monoisotopic (exact) mass is 316 g/mol. The third kappa shape index (κ3) is 2.99. The van der Waals surface area contributed by atoms with E-state index in [1.807, 2.05) is 27.7 Å². The highest BCUT2D eigenvalue weighted by Gasteiger charge is 2.60. The summed E-state index contributed by atoms with van der Waals surface area (Å²) >= 11 is 0. The van der Waals surface area contributed by atoms with E-state index in [9.17, 15) is 19.8 Å². The summed E-state index contributed by atoms with van der Waals surface area (Å²) in [7, 11) is 0. The Kier molecular flexibility index (Phi) is 5.30. The number of hydrogen-bond donors (Lipinski definition) is 4. The molecule has 6 nitrogen and oxygen atoms in total. The molecule has 4 N–H and O–H groups in total. The topological polar surface area (TPSA) is 115 Å². The van der Waals surface area contributed by atoms with Gasteiger partial charge in [-0.15, -0.1) is 0 Å². The number of hydrogen-bond acceptors (Lipinski definition) is 4. The van der Waals surface area contributed by atoms with Gasteiger partial charge in [0, 0.05) is 10.8 Å². The Bertz CT molecular complexity index is 388. The maximum absolute atomic E-state index is 10.7. The smallest absolute Gasteiger partial charge is 0.321 e. The quantitative estimate of drug-likeness (QED) is 0.578. The molecule has 0 amide bonds. The van der Waals surface area contributed by atoms with E-state index in [0.717, 1.165) is 6.42 Å². The van der Waals surface area contributed by atoms with Gasteiger partial charge in [0.05, 0.1) is 12.2 Å². The van der Waals surface area contributed by atoms with Crippen LogP contribution in [0, 0.1) is 16.2 Å². The summed E-state index contributed by atoms with van der Waals surface area (Å²) in [6, 6.07) is 0. The first-order valence-corrected chi connectivity index (χ1v) is 7.73. The van der Waals surface area contributed by atoms with Gasteiger partial charge >= 0.3 is 11.9 Å². The van der Waals surface area contributed by atoms with Crippen LogP contribution in [0.2, 0.25) is 0 Å². The molecule has 128 valence electrons. The molecule has 0 aliphatic heterocycles. The minimum Gasteiger partial charge on any atom is -0.480 e. The molecular weight excluding hydrogens is 288 g/mol. The second kappa shape index (κ2) is 6.16. The molecule has 0 aromatic rings. The summed E-state index contributed by atoms with van der Waals surface area (Å²) in [5.74, 6) is -2.37. The Balaban J connectivity index is 0.000000224. The van der Waals surface area contributed by atoms with Crippen molar-refractivity contribution in [1.29, 1.82) is 0 Å². The van der Waals surface area contributed by atoms with Gasteiger partial charge in [0.25, 0.3) is 0 Å². The second-order valence-electron chi connectivity index (χ2n) is 7.70. The molecule has 0 radical (unpaired) electrons. The maximum Gasteiger partial charge on any atom is 0.321 e. The summed E-state index contributed by atoms with van der Waals surface area (Å²) in [5, 5.41) is 36.6. The van der Waals surface area contributed by atoms with Gasteiger partial charge in [-0.2, -0.15) is 0 Å². The van der Waals surface area contributed by atoms with Crippen LogP contribution in [0.15, 0.2) is 0 Å². The van der Waals surface area contributed by atoms with Crippen molar-refractivity contribution in [2.75, 3.05) is 0 Å². The van der Waals surface area contributed by atoms with Crippen molar-refractivity contribution >= 4 is 11.9 Å². The summed E-state index contributed by atoms with van der Waals surface area (Å²) < 4.78 is 0. The number of aliphatic hydroxyl groups is 2. The third-order valence-electron chi connectivity index (χ3n) is 5.34. The van der Waals surface area contributed by atoms with E-state index in [0.29, 0.717) is 12.8 Å². The van der Waals surface area contributed by atoms with E-state index in [4.69, 9.17) is 10.2 Å². The molecule has 22 heavy (non-hydrogen) atoms. The number of carboxylic acid groups (broad SMARTS) is 2. The number of aliphatic carboxylic acids is 2. The van der Waals surface area contributed by atoms with E-state index >= 15 is 0 Å². The lowest BCUT2D eigenvalue weighted by Gasteiger charge is -2.59. The molecule has 0 unspecified atom stereocenters. The van der Waals surface area contributed by atoms with Gasteiger partial charge in [-0.05, 0) is 12.8 Å². The SMILES string of the molecule is CC1(C)C(O)C(C)(C)C1O.O=C(O)C1(C(=O)O)CCCCC1. The lowest BCUT2D eigenvalue weighted by Crippen LogP contribution is -2.67. The maximum atomic E-state index is 10.7. The van der Waals surface area contributed by atoms with Gasteiger partial charge in [-0.3, -0.25) is 9.59 Å². The standard InChI is InChI=1S/C8H12O4.C8H16O2/c9-6(10)8(7(11)12)4-2-1-3-5-8;1-7(2)5(9)8(3,4)6(7)10/h1-5H2,(H,9,10)(H,11,12);5-6,9-10H,1-4H3. The molecule has 2 fully saturated rings. The van der Waals surface area contributed by atoms with Crippen molar-refractivity contribution in [3.05, 3.63) is 0 Å². The van der Waals surface area contributed by atoms with Crippen LogP contribution in [0.1, 0.15) is 59.8 Å². The highest BCUT2D eigenvalue weighted by atomic mass is 16.4. The zero-order chi connectivity index (χ0) is 17.3. The minimum absolute atomic E-state index is 0.275. The first-order valence-electron chi connectivity index (χ1n) is 7.73. The van der Waals surface area contributed by atoms with Crippen molar-refractivity contribution < 1.29 is 30.0 Å². The highest BCUT2D eigenvalue weighted by Crippen LogP contribution is 2.53. The Hall–Kier alpha value is -1.14. The Morgan fingerprint density at radius 1 is 0.773 bits per heavy atom. The van der Waals surface area contributed by atoms with E-state index in [-0.39, 0.29) is 35.9 Å². The number of carboxylic acids is 2. The van der Waals surface area contributed by atoms with E-state index in [2.05, 4.69) is 0 Å². The fourth-order valence-corrected chi connectivity index (χ4v) is 3.79. The molecule has 0 aromatic heterocycles. The van der Waals surface area contributed by atoms with Crippen LogP contribution in [0.4, 0.5) is 0 Å². The fourth-order valence-electron chi connectivity index (χ4n) is 3.79. The first-order chi connectivity index (χ1) is 9.90. The fraction of sp³-hybridized carbons (Fsp3) is 0.875. The Morgan fingerprint density at radius 2 is 1.09 bits per heavy atom. The minimum atomic E-state index is -1.49. The van der Waals surface area contributed by atoms with E-state index < -0.39 is 17.4 Å². The number of aliphatic hydroxyl groups excluding tert-OH is 2. The second-order valence-corrected chi connectivity index (χ2v) is 7.70. The molecule has 0 saturated heterocycles. The molecule has 2 saturated carbocycles. The molecule has 2 aliphatic carbocycles. The zero-order valence-corrected chi connectivity index (χ0v) is 13.8. The van der Waals surface area contributed by atoms with E-state index in [1.54, 1.807) is 0 Å². The molecule has 0 heterocycles. The zero-order valence-electron chi connectivity index (χ0n) is 13.8. The lowest BCUT2D eigenvalue weighted by molar-refractivity contribution is -0.247. The number of rotatable bonds is 2. The van der Waals surface area contributed by atoms with Crippen LogP contribution in [0.3, 0.4) is 0 Å². The predicted octanol–water partition coefficient (Wildman–Crippen LogP) is 1.88. The molecule has 2 aliphatic rings. The molecule has 0 aromatic carbocycles. The van der Waals surface area contributed by atoms with Crippen LogP contribution in [-0.2, 0) is 9.59 Å². The van der Waals surface area contributed by atoms with Crippen LogP contribution in [0.25, 0.3) is 0 Å². The van der Waals surface area contributed by atoms with Crippen molar-refractivity contribution in [3.63, 3.8) is 0 Å². The van der Waals surface area contributed by atoms with E-state index in [1.165, 1.54) is 0 Å². The van der Waals surface area contributed by atoms with Crippen molar-refractivity contribution in [1.82, 2.24) is 0 Å². The summed E-state index contributed by atoms with van der Waals surface area (Å²) in [4.78, 5) is 21.5. The lowest BCUT2D eigenvalue weighted by atomic mass is 9.51. The van der Waals surface area contributed by atoms with Gasteiger partial charge in [-0.25, -0.2) is 0 Å². The van der Waals surface area contributed by atoms with Gasteiger partial charge in [0.2, 0.25) is 0 Å². The summed E-state index contributed by atoms with van der Waals surface area (Å²) in [6.45, 7) is 7.53. The van der Waals surface area contributed by atoms with Gasteiger partial charge in [0.15, 0.2) is 5.41 Å². The predicted molar refractivity (Wildman–Crippen MR) is 80.4 cm³/mol. The molecule has 0 spiro atoms. The van der Waals surface area contributed by atoms with Crippen LogP contribution >= 0.6 is 0 Å². The van der Waals surface area contributed by atoms with Crippen molar-refractivity contribution in [2.24, 2.45) is 16.2 Å². The number of carbonyl (C=O) groups is 2. The summed E-state index contributed by atoms with van der Waals surface area (Å²) in [6.07, 6.45) is 2.15. The normalized spacial score (nSPS) is 31.2. The van der Waals surface area contributed by atoms with Crippen LogP contribution in [-0.4, -0.2) is 44.6 Å².